The van der Waals surface area contributed by atoms with Crippen molar-refractivity contribution in [2.75, 3.05) is 20.6 Å². The van der Waals surface area contributed by atoms with E-state index in [4.69, 9.17) is 0 Å². The molecule has 0 aromatic rings. The zero-order chi connectivity index (χ0) is 14.2. The Morgan fingerprint density at radius 1 is 0.632 bits per heavy atom. The Kier molecular flexibility index (Phi) is 15.5. The first kappa shape index (κ1) is 18.7. The molecule has 0 heterocycles. The Balaban J connectivity index is 3.01. The van der Waals surface area contributed by atoms with Crippen LogP contribution in [0.2, 0.25) is 0 Å². The monoisotopic (exact) mass is 267 g/mol. The highest BCUT2D eigenvalue weighted by molar-refractivity contribution is 4.81. The fourth-order valence-electron chi connectivity index (χ4n) is 2.31. The molecule has 0 saturated carbocycles. The predicted octanol–water partition coefficient (Wildman–Crippen LogP) is 5.81. The number of rotatable bonds is 14. The lowest BCUT2D eigenvalue weighted by Gasteiger charge is -2.08. The molecule has 0 aliphatic rings. The van der Waals surface area contributed by atoms with Crippen LogP contribution in [0.25, 0.3) is 0 Å². The van der Waals surface area contributed by atoms with Crippen molar-refractivity contribution in [3.05, 3.63) is 12.2 Å². The summed E-state index contributed by atoms with van der Waals surface area (Å²) in [5.41, 5.74) is 0. The van der Waals surface area contributed by atoms with Crippen molar-refractivity contribution < 1.29 is 0 Å². The summed E-state index contributed by atoms with van der Waals surface area (Å²) >= 11 is 0. The first-order valence-electron chi connectivity index (χ1n) is 8.57. The predicted molar refractivity (Wildman–Crippen MR) is 88.8 cm³/mol. The molecule has 0 aromatic heterocycles. The molecule has 0 fully saturated rings. The molecule has 0 aromatic carbocycles. The average molecular weight is 268 g/mol. The zero-order valence-electron chi connectivity index (χ0n) is 13.8. The van der Waals surface area contributed by atoms with E-state index in [1.165, 1.54) is 83.6 Å². The Morgan fingerprint density at radius 2 is 1.11 bits per heavy atom. The molecule has 0 atom stereocenters. The van der Waals surface area contributed by atoms with Gasteiger partial charge >= 0.3 is 0 Å². The highest BCUT2D eigenvalue weighted by atomic mass is 15.0. The van der Waals surface area contributed by atoms with Crippen LogP contribution in [0.4, 0.5) is 0 Å². The Morgan fingerprint density at radius 3 is 1.63 bits per heavy atom. The molecule has 0 aliphatic heterocycles. The van der Waals surface area contributed by atoms with E-state index in [1.807, 2.05) is 0 Å². The number of hydrogen-bond acceptors (Lipinski definition) is 1. The molecule has 0 spiro atoms. The lowest BCUT2D eigenvalue weighted by atomic mass is 10.1. The molecule has 114 valence electrons. The molecular formula is C18H37N. The molecule has 1 heteroatoms. The first-order chi connectivity index (χ1) is 9.27. The van der Waals surface area contributed by atoms with E-state index < -0.39 is 0 Å². The number of allylic oxidation sites excluding steroid dienone is 2. The summed E-state index contributed by atoms with van der Waals surface area (Å²) in [5, 5.41) is 0. The van der Waals surface area contributed by atoms with Crippen LogP contribution < -0.4 is 0 Å². The summed E-state index contributed by atoms with van der Waals surface area (Å²) in [6, 6.07) is 0. The van der Waals surface area contributed by atoms with Crippen molar-refractivity contribution in [3.8, 4) is 0 Å². The fourth-order valence-corrected chi connectivity index (χ4v) is 2.31. The smallest absolute Gasteiger partial charge is 0.00248 e. The van der Waals surface area contributed by atoms with E-state index in [0.717, 1.165) is 0 Å². The van der Waals surface area contributed by atoms with E-state index in [-0.39, 0.29) is 0 Å². The van der Waals surface area contributed by atoms with Crippen LogP contribution >= 0.6 is 0 Å². The second-order valence-electron chi connectivity index (χ2n) is 6.03. The molecular weight excluding hydrogens is 230 g/mol. The van der Waals surface area contributed by atoms with Crippen LogP contribution in [0.15, 0.2) is 12.2 Å². The summed E-state index contributed by atoms with van der Waals surface area (Å²) < 4.78 is 0. The average Bonchev–Trinajstić information content (AvgIpc) is 2.39. The van der Waals surface area contributed by atoms with Crippen LogP contribution in [0.3, 0.4) is 0 Å². The highest BCUT2D eigenvalue weighted by Gasteiger charge is 1.93. The Labute approximate surface area is 122 Å². The van der Waals surface area contributed by atoms with Gasteiger partial charge in [-0.05, 0) is 46.3 Å². The van der Waals surface area contributed by atoms with E-state index in [1.54, 1.807) is 0 Å². The van der Waals surface area contributed by atoms with Crippen LogP contribution in [0.5, 0.6) is 0 Å². The van der Waals surface area contributed by atoms with Gasteiger partial charge in [0.25, 0.3) is 0 Å². The lowest BCUT2D eigenvalue weighted by molar-refractivity contribution is 0.389. The third kappa shape index (κ3) is 17.7. The quantitative estimate of drug-likeness (QED) is 0.284. The minimum absolute atomic E-state index is 1.25. The van der Waals surface area contributed by atoms with Crippen molar-refractivity contribution in [2.45, 2.75) is 84.0 Å². The van der Waals surface area contributed by atoms with Gasteiger partial charge in [-0.15, -0.1) is 0 Å². The Bertz CT molecular complexity index is 184. The summed E-state index contributed by atoms with van der Waals surface area (Å²) in [6.07, 6.45) is 21.4. The maximum atomic E-state index is 2.39. The molecule has 0 radical (unpaired) electrons. The van der Waals surface area contributed by atoms with Gasteiger partial charge in [-0.3, -0.25) is 0 Å². The summed E-state index contributed by atoms with van der Waals surface area (Å²) in [5.74, 6) is 0. The van der Waals surface area contributed by atoms with Crippen LogP contribution in [0.1, 0.15) is 84.0 Å². The van der Waals surface area contributed by atoms with Gasteiger partial charge in [0.05, 0.1) is 0 Å². The highest BCUT2D eigenvalue weighted by Crippen LogP contribution is 2.10. The number of hydrogen-bond donors (Lipinski definition) is 0. The standard InChI is InChI=1S/C18H37N/c1-4-5-6-7-8-9-10-11-12-13-14-15-16-17-18-19(2)3/h7-8H,4-6,9-18H2,1-3H3/b8-7+. The number of unbranched alkanes of at least 4 members (excludes halogenated alkanes) is 10. The van der Waals surface area contributed by atoms with Crippen molar-refractivity contribution in [3.63, 3.8) is 0 Å². The van der Waals surface area contributed by atoms with Crippen LogP contribution in [-0.4, -0.2) is 25.5 Å². The SMILES string of the molecule is CCCC/C=C/CCCCCCCCCCN(C)C. The maximum absolute atomic E-state index is 2.39. The van der Waals surface area contributed by atoms with Gasteiger partial charge in [-0.1, -0.05) is 70.4 Å². The van der Waals surface area contributed by atoms with E-state index in [2.05, 4.69) is 38.1 Å². The van der Waals surface area contributed by atoms with Crippen LogP contribution in [-0.2, 0) is 0 Å². The van der Waals surface area contributed by atoms with Gasteiger partial charge in [-0.25, -0.2) is 0 Å². The third-order valence-electron chi connectivity index (χ3n) is 3.62. The van der Waals surface area contributed by atoms with Crippen molar-refractivity contribution >= 4 is 0 Å². The molecule has 0 unspecified atom stereocenters. The van der Waals surface area contributed by atoms with Crippen molar-refractivity contribution in [1.29, 1.82) is 0 Å². The van der Waals surface area contributed by atoms with Crippen LogP contribution in [0, 0.1) is 0 Å². The summed E-state index contributed by atoms with van der Waals surface area (Å²) in [7, 11) is 4.33. The zero-order valence-corrected chi connectivity index (χ0v) is 13.8. The fraction of sp³-hybridized carbons (Fsp3) is 0.889. The molecule has 0 aliphatic carbocycles. The lowest BCUT2D eigenvalue weighted by Crippen LogP contribution is -2.12. The third-order valence-corrected chi connectivity index (χ3v) is 3.62. The van der Waals surface area contributed by atoms with E-state index in [0.29, 0.717) is 0 Å². The van der Waals surface area contributed by atoms with Gasteiger partial charge in [0.15, 0.2) is 0 Å². The van der Waals surface area contributed by atoms with Gasteiger partial charge in [0, 0.05) is 0 Å². The van der Waals surface area contributed by atoms with Crippen molar-refractivity contribution in [1.82, 2.24) is 4.90 Å². The van der Waals surface area contributed by atoms with Gasteiger partial charge in [0.1, 0.15) is 0 Å². The summed E-state index contributed by atoms with van der Waals surface area (Å²) in [6.45, 7) is 3.51. The largest absolute Gasteiger partial charge is 0.309 e. The molecule has 0 bridgehead atoms. The minimum atomic E-state index is 1.25. The molecule has 0 amide bonds. The summed E-state index contributed by atoms with van der Waals surface area (Å²) in [4.78, 5) is 2.29. The minimum Gasteiger partial charge on any atom is -0.309 e. The number of nitrogens with zero attached hydrogens (tertiary/aromatic N) is 1. The Hall–Kier alpha value is -0.300. The second-order valence-corrected chi connectivity index (χ2v) is 6.03. The molecule has 1 nitrogen and oxygen atoms in total. The van der Waals surface area contributed by atoms with E-state index >= 15 is 0 Å². The van der Waals surface area contributed by atoms with Gasteiger partial charge in [-0.2, -0.15) is 0 Å². The van der Waals surface area contributed by atoms with Gasteiger partial charge in [0.2, 0.25) is 0 Å². The topological polar surface area (TPSA) is 3.24 Å². The van der Waals surface area contributed by atoms with Gasteiger partial charge < -0.3 is 4.90 Å². The second kappa shape index (κ2) is 15.8. The first-order valence-corrected chi connectivity index (χ1v) is 8.57. The molecule has 0 N–H and O–H groups in total. The van der Waals surface area contributed by atoms with Crippen molar-refractivity contribution in [2.24, 2.45) is 0 Å². The normalized spacial score (nSPS) is 11.8. The molecule has 0 rings (SSSR count). The molecule has 19 heavy (non-hydrogen) atoms. The maximum Gasteiger partial charge on any atom is -0.00248 e. The molecule has 0 saturated heterocycles. The van der Waals surface area contributed by atoms with E-state index in [9.17, 15) is 0 Å².